The third-order valence-electron chi connectivity index (χ3n) is 3.17. The number of carbonyl (C=O) groups excluding carboxylic acids is 2. The van der Waals surface area contributed by atoms with Crippen LogP contribution in [0.1, 0.15) is 12.8 Å². The van der Waals surface area contributed by atoms with Crippen LogP contribution in [0.15, 0.2) is 0 Å². The van der Waals surface area contributed by atoms with Crippen molar-refractivity contribution in [2.24, 2.45) is 0 Å². The van der Waals surface area contributed by atoms with Crippen molar-refractivity contribution in [2.75, 3.05) is 40.4 Å². The smallest absolute Gasteiger partial charge is 0.329 e. The van der Waals surface area contributed by atoms with Gasteiger partial charge in [-0.1, -0.05) is 0 Å². The molecule has 1 aliphatic rings. The Morgan fingerprint density at radius 1 is 1.40 bits per heavy atom. The number of ether oxygens (including phenoxy) is 1. The number of nitrogens with one attached hydrogen (secondary N) is 1. The summed E-state index contributed by atoms with van der Waals surface area (Å²) in [4.78, 5) is 37.1. The molecule has 0 saturated carbocycles. The molecule has 0 aromatic rings. The van der Waals surface area contributed by atoms with E-state index in [1.54, 1.807) is 7.05 Å². The molecule has 1 heterocycles. The molecule has 0 aliphatic carbocycles. The number of piperidine rings is 1. The summed E-state index contributed by atoms with van der Waals surface area (Å²) in [5.74, 6) is -1.81. The Labute approximate surface area is 117 Å². The number of likely N-dealkylation sites (tertiary alicyclic amines) is 1. The molecule has 114 valence electrons. The van der Waals surface area contributed by atoms with Gasteiger partial charge in [-0.3, -0.25) is 10.1 Å². The molecule has 1 atom stereocenters. The van der Waals surface area contributed by atoms with Gasteiger partial charge in [0.05, 0.1) is 0 Å². The monoisotopic (exact) mass is 287 g/mol. The molecule has 0 bridgehead atoms. The summed E-state index contributed by atoms with van der Waals surface area (Å²) < 4.78 is 4.61. The zero-order valence-corrected chi connectivity index (χ0v) is 11.8. The first-order valence-corrected chi connectivity index (χ1v) is 6.45. The molecule has 0 aromatic carbocycles. The minimum atomic E-state index is -1.16. The van der Waals surface area contributed by atoms with E-state index in [9.17, 15) is 14.4 Å². The predicted molar refractivity (Wildman–Crippen MR) is 70.3 cm³/mol. The lowest BCUT2D eigenvalue weighted by Crippen LogP contribution is -2.52. The summed E-state index contributed by atoms with van der Waals surface area (Å²) in [5, 5.41) is 10.5. The second-order valence-electron chi connectivity index (χ2n) is 4.91. The highest BCUT2D eigenvalue weighted by Crippen LogP contribution is 2.13. The SMILES string of the molecule is CN1CCCC(N(C)C(=O)NC(=O)COCC(=O)O)C1. The number of urea groups is 1. The van der Waals surface area contributed by atoms with E-state index < -0.39 is 31.1 Å². The van der Waals surface area contributed by atoms with Gasteiger partial charge in [0.1, 0.15) is 13.2 Å². The summed E-state index contributed by atoms with van der Waals surface area (Å²) in [7, 11) is 3.63. The van der Waals surface area contributed by atoms with Crippen LogP contribution in [0, 0.1) is 0 Å². The molecule has 0 radical (unpaired) electrons. The Morgan fingerprint density at radius 3 is 2.70 bits per heavy atom. The number of nitrogens with zero attached hydrogens (tertiary/aromatic N) is 2. The van der Waals surface area contributed by atoms with Crippen molar-refractivity contribution < 1.29 is 24.2 Å². The predicted octanol–water partition coefficient (Wildman–Crippen LogP) is -0.650. The number of carboxylic acids is 1. The molecule has 2 N–H and O–H groups in total. The van der Waals surface area contributed by atoms with E-state index in [0.29, 0.717) is 0 Å². The van der Waals surface area contributed by atoms with E-state index >= 15 is 0 Å². The molecule has 0 aromatic heterocycles. The van der Waals surface area contributed by atoms with Crippen LogP contribution >= 0.6 is 0 Å². The summed E-state index contributed by atoms with van der Waals surface area (Å²) in [5.41, 5.74) is 0. The van der Waals surface area contributed by atoms with E-state index in [4.69, 9.17) is 5.11 Å². The summed E-state index contributed by atoms with van der Waals surface area (Å²) in [6, 6.07) is -0.421. The third-order valence-corrected chi connectivity index (χ3v) is 3.17. The van der Waals surface area contributed by atoms with E-state index in [2.05, 4.69) is 15.0 Å². The maximum atomic E-state index is 11.9. The number of hydrogen-bond acceptors (Lipinski definition) is 5. The van der Waals surface area contributed by atoms with Crippen LogP contribution in [0.25, 0.3) is 0 Å². The normalized spacial score (nSPS) is 19.4. The van der Waals surface area contributed by atoms with Crippen LogP contribution in [0.2, 0.25) is 0 Å². The van der Waals surface area contributed by atoms with Crippen LogP contribution in [0.5, 0.6) is 0 Å². The summed E-state index contributed by atoms with van der Waals surface area (Å²) >= 11 is 0. The Morgan fingerprint density at radius 2 is 2.10 bits per heavy atom. The number of amides is 3. The largest absolute Gasteiger partial charge is 0.480 e. The van der Waals surface area contributed by atoms with Crippen molar-refractivity contribution in [3.63, 3.8) is 0 Å². The van der Waals surface area contributed by atoms with E-state index in [-0.39, 0.29) is 6.04 Å². The van der Waals surface area contributed by atoms with Crippen LogP contribution in [-0.4, -0.2) is 79.3 Å². The number of carbonyl (C=O) groups is 3. The van der Waals surface area contributed by atoms with Gasteiger partial charge in [0.25, 0.3) is 5.91 Å². The Hall–Kier alpha value is -1.67. The first-order valence-electron chi connectivity index (χ1n) is 6.45. The van der Waals surface area contributed by atoms with Crippen molar-refractivity contribution in [3.05, 3.63) is 0 Å². The minimum absolute atomic E-state index is 0.0708. The van der Waals surface area contributed by atoms with Crippen molar-refractivity contribution in [1.82, 2.24) is 15.1 Å². The van der Waals surface area contributed by atoms with E-state index in [0.717, 1.165) is 25.9 Å². The molecule has 3 amide bonds. The molecule has 8 nitrogen and oxygen atoms in total. The molecule has 1 saturated heterocycles. The Bertz CT molecular complexity index is 374. The highest BCUT2D eigenvalue weighted by atomic mass is 16.5. The average molecular weight is 287 g/mol. The van der Waals surface area contributed by atoms with Crippen molar-refractivity contribution in [1.29, 1.82) is 0 Å². The fourth-order valence-electron chi connectivity index (χ4n) is 2.10. The number of rotatable bonds is 5. The molecule has 1 fully saturated rings. The third kappa shape index (κ3) is 5.54. The Balaban J connectivity index is 2.33. The number of aliphatic carboxylic acids is 1. The zero-order chi connectivity index (χ0) is 15.1. The molecular weight excluding hydrogens is 266 g/mol. The number of carboxylic acid groups (broad SMARTS) is 1. The van der Waals surface area contributed by atoms with Gasteiger partial charge in [0.15, 0.2) is 0 Å². The van der Waals surface area contributed by atoms with E-state index in [1.165, 1.54) is 4.90 Å². The highest BCUT2D eigenvalue weighted by molar-refractivity contribution is 5.95. The fourth-order valence-corrected chi connectivity index (χ4v) is 2.10. The van der Waals surface area contributed by atoms with Gasteiger partial charge in [-0.15, -0.1) is 0 Å². The van der Waals surface area contributed by atoms with Gasteiger partial charge < -0.3 is 19.6 Å². The van der Waals surface area contributed by atoms with Crippen molar-refractivity contribution in [2.45, 2.75) is 18.9 Å². The lowest BCUT2D eigenvalue weighted by atomic mass is 10.1. The number of hydrogen-bond donors (Lipinski definition) is 2. The summed E-state index contributed by atoms with van der Waals surface area (Å²) in [6.07, 6.45) is 1.91. The molecular formula is C12H21N3O5. The summed E-state index contributed by atoms with van der Waals surface area (Å²) in [6.45, 7) is 0.767. The Kier molecular flexibility index (Phi) is 6.40. The first-order chi connectivity index (χ1) is 9.40. The van der Waals surface area contributed by atoms with Crippen LogP contribution in [0.3, 0.4) is 0 Å². The maximum Gasteiger partial charge on any atom is 0.329 e. The van der Waals surface area contributed by atoms with Gasteiger partial charge in [0, 0.05) is 19.6 Å². The number of likely N-dealkylation sites (N-methyl/N-ethyl adjacent to an activating group) is 2. The molecule has 20 heavy (non-hydrogen) atoms. The molecule has 1 aliphatic heterocycles. The van der Waals surface area contributed by atoms with Crippen LogP contribution in [-0.2, 0) is 14.3 Å². The first kappa shape index (κ1) is 16.4. The zero-order valence-electron chi connectivity index (χ0n) is 11.8. The van der Waals surface area contributed by atoms with Gasteiger partial charge in [0.2, 0.25) is 0 Å². The molecule has 8 heteroatoms. The fraction of sp³-hybridized carbons (Fsp3) is 0.750. The number of imide groups is 1. The van der Waals surface area contributed by atoms with Crippen LogP contribution < -0.4 is 5.32 Å². The molecule has 1 rings (SSSR count). The maximum absolute atomic E-state index is 11.9. The van der Waals surface area contributed by atoms with Gasteiger partial charge in [-0.2, -0.15) is 0 Å². The minimum Gasteiger partial charge on any atom is -0.480 e. The standard InChI is InChI=1S/C12H21N3O5/c1-14-5-3-4-9(6-14)15(2)12(19)13-10(16)7-20-8-11(17)18/h9H,3-8H2,1-2H3,(H,17,18)(H,13,16,19). The lowest BCUT2D eigenvalue weighted by molar-refractivity contribution is -0.143. The average Bonchev–Trinajstić information content (AvgIpc) is 2.37. The second kappa shape index (κ2) is 7.81. The highest BCUT2D eigenvalue weighted by Gasteiger charge is 2.25. The van der Waals surface area contributed by atoms with Gasteiger partial charge >= 0.3 is 12.0 Å². The topological polar surface area (TPSA) is 99.2 Å². The second-order valence-corrected chi connectivity index (χ2v) is 4.91. The molecule has 0 spiro atoms. The van der Waals surface area contributed by atoms with E-state index in [1.807, 2.05) is 7.05 Å². The van der Waals surface area contributed by atoms with Crippen LogP contribution in [0.4, 0.5) is 4.79 Å². The van der Waals surface area contributed by atoms with Gasteiger partial charge in [-0.25, -0.2) is 9.59 Å². The molecule has 1 unspecified atom stereocenters. The van der Waals surface area contributed by atoms with Crippen molar-refractivity contribution in [3.8, 4) is 0 Å². The van der Waals surface area contributed by atoms with Gasteiger partial charge in [-0.05, 0) is 26.4 Å². The quantitative estimate of drug-likeness (QED) is 0.697. The van der Waals surface area contributed by atoms with Crippen molar-refractivity contribution >= 4 is 17.9 Å². The lowest BCUT2D eigenvalue weighted by Gasteiger charge is -2.35.